The highest BCUT2D eigenvalue weighted by molar-refractivity contribution is 7.89. The number of hydrogen-bond donors (Lipinski definition) is 2. The Kier molecular flexibility index (Phi) is 4.28. The van der Waals surface area contributed by atoms with Crippen LogP contribution < -0.4 is 4.83 Å². The minimum Gasteiger partial charge on any atom is -0.507 e. The molecule has 0 fully saturated rings. The molecule has 5 nitrogen and oxygen atoms in total. The molecule has 0 radical (unpaired) electrons. The SMILES string of the molecule is Cc1ccc(S(=O)(=O)NN=Cc2ccccc2O)cc1C. The molecule has 0 amide bonds. The Morgan fingerprint density at radius 2 is 1.81 bits per heavy atom. The summed E-state index contributed by atoms with van der Waals surface area (Å²) in [6.07, 6.45) is 1.26. The third kappa shape index (κ3) is 3.61. The van der Waals surface area contributed by atoms with E-state index in [0.717, 1.165) is 11.1 Å². The van der Waals surface area contributed by atoms with E-state index in [1.807, 2.05) is 13.8 Å². The maximum Gasteiger partial charge on any atom is 0.276 e. The van der Waals surface area contributed by atoms with E-state index in [4.69, 9.17) is 0 Å². The second-order valence-electron chi connectivity index (χ2n) is 4.66. The summed E-state index contributed by atoms with van der Waals surface area (Å²) < 4.78 is 24.2. The van der Waals surface area contributed by atoms with E-state index in [0.29, 0.717) is 5.56 Å². The average molecular weight is 304 g/mol. The number of para-hydroxylation sites is 1. The van der Waals surface area contributed by atoms with Crippen LogP contribution in [0.5, 0.6) is 5.75 Å². The molecule has 0 saturated carbocycles. The number of rotatable bonds is 4. The van der Waals surface area contributed by atoms with Crippen LogP contribution in [0.4, 0.5) is 0 Å². The molecule has 2 N–H and O–H groups in total. The number of aryl methyl sites for hydroxylation is 2. The van der Waals surface area contributed by atoms with Crippen LogP contribution in [0.3, 0.4) is 0 Å². The number of benzene rings is 2. The van der Waals surface area contributed by atoms with Gasteiger partial charge >= 0.3 is 0 Å². The van der Waals surface area contributed by atoms with E-state index in [-0.39, 0.29) is 10.6 Å². The second kappa shape index (κ2) is 5.97. The lowest BCUT2D eigenvalue weighted by Gasteiger charge is -2.06. The number of hydrogen-bond acceptors (Lipinski definition) is 4. The monoisotopic (exact) mass is 304 g/mol. The minimum atomic E-state index is -3.71. The number of aromatic hydroxyl groups is 1. The summed E-state index contributed by atoms with van der Waals surface area (Å²) in [5, 5.41) is 13.2. The summed E-state index contributed by atoms with van der Waals surface area (Å²) in [4.78, 5) is 2.28. The van der Waals surface area contributed by atoms with Gasteiger partial charge in [-0.2, -0.15) is 13.5 Å². The number of nitrogens with zero attached hydrogens (tertiary/aromatic N) is 1. The quantitative estimate of drug-likeness (QED) is 0.672. The fourth-order valence-electron chi connectivity index (χ4n) is 1.70. The van der Waals surface area contributed by atoms with Crippen molar-refractivity contribution in [2.75, 3.05) is 0 Å². The van der Waals surface area contributed by atoms with E-state index in [1.165, 1.54) is 18.3 Å². The number of hydrazone groups is 1. The summed E-state index contributed by atoms with van der Waals surface area (Å²) >= 11 is 0. The van der Waals surface area contributed by atoms with Crippen molar-refractivity contribution in [2.24, 2.45) is 5.10 Å². The Bertz CT molecular complexity index is 783. The highest BCUT2D eigenvalue weighted by atomic mass is 32.2. The van der Waals surface area contributed by atoms with Crippen molar-refractivity contribution in [1.29, 1.82) is 0 Å². The zero-order valence-electron chi connectivity index (χ0n) is 11.7. The molecule has 0 heterocycles. The zero-order valence-corrected chi connectivity index (χ0v) is 12.6. The highest BCUT2D eigenvalue weighted by Gasteiger charge is 2.13. The Hall–Kier alpha value is -2.34. The molecule has 0 aliphatic heterocycles. The number of phenols is 1. The number of phenolic OH excluding ortho intramolecular Hbond substituents is 1. The van der Waals surface area contributed by atoms with Gasteiger partial charge in [0.05, 0.1) is 11.1 Å². The molecule has 0 aromatic heterocycles. The van der Waals surface area contributed by atoms with E-state index in [2.05, 4.69) is 9.93 Å². The van der Waals surface area contributed by atoms with Gasteiger partial charge in [-0.3, -0.25) is 0 Å². The molecule has 0 saturated heterocycles. The molecule has 0 aliphatic carbocycles. The zero-order chi connectivity index (χ0) is 15.5. The van der Waals surface area contributed by atoms with Crippen molar-refractivity contribution in [3.8, 4) is 5.75 Å². The first kappa shape index (κ1) is 15.1. The van der Waals surface area contributed by atoms with Gasteiger partial charge in [0.2, 0.25) is 0 Å². The third-order valence-corrected chi connectivity index (χ3v) is 4.32. The molecule has 2 rings (SSSR count). The van der Waals surface area contributed by atoms with E-state index < -0.39 is 10.0 Å². The Labute approximate surface area is 124 Å². The number of nitrogens with one attached hydrogen (secondary N) is 1. The summed E-state index contributed by atoms with van der Waals surface area (Å²) in [5.41, 5.74) is 2.34. The van der Waals surface area contributed by atoms with Crippen LogP contribution in [0.25, 0.3) is 0 Å². The van der Waals surface area contributed by atoms with Crippen molar-refractivity contribution in [1.82, 2.24) is 4.83 Å². The molecule has 6 heteroatoms. The predicted octanol–water partition coefficient (Wildman–Crippen LogP) is 2.32. The highest BCUT2D eigenvalue weighted by Crippen LogP contribution is 2.15. The molecular formula is C15H16N2O3S. The number of sulfonamides is 1. The van der Waals surface area contributed by atoms with E-state index in [1.54, 1.807) is 30.3 Å². The maximum absolute atomic E-state index is 12.1. The molecule has 0 spiro atoms. The van der Waals surface area contributed by atoms with Crippen LogP contribution in [0.1, 0.15) is 16.7 Å². The van der Waals surface area contributed by atoms with E-state index in [9.17, 15) is 13.5 Å². The molecule has 110 valence electrons. The van der Waals surface area contributed by atoms with Crippen molar-refractivity contribution < 1.29 is 13.5 Å². The van der Waals surface area contributed by atoms with Crippen LogP contribution in [0.15, 0.2) is 52.5 Å². The summed E-state index contributed by atoms with van der Waals surface area (Å²) in [5.74, 6) is 0.0339. The molecule has 21 heavy (non-hydrogen) atoms. The molecular weight excluding hydrogens is 288 g/mol. The van der Waals surface area contributed by atoms with Crippen LogP contribution in [-0.2, 0) is 10.0 Å². The van der Waals surface area contributed by atoms with Gasteiger partial charge in [0.15, 0.2) is 0 Å². The Morgan fingerprint density at radius 1 is 1.10 bits per heavy atom. The molecule has 2 aromatic rings. The fraction of sp³-hybridized carbons (Fsp3) is 0.133. The lowest BCUT2D eigenvalue weighted by Crippen LogP contribution is -2.18. The topological polar surface area (TPSA) is 78.8 Å². The summed E-state index contributed by atoms with van der Waals surface area (Å²) in [6, 6.07) is 11.4. The van der Waals surface area contributed by atoms with Crippen molar-refractivity contribution in [2.45, 2.75) is 18.7 Å². The van der Waals surface area contributed by atoms with Crippen molar-refractivity contribution >= 4 is 16.2 Å². The first-order chi connectivity index (χ1) is 9.90. The van der Waals surface area contributed by atoms with Gasteiger partial charge in [-0.25, -0.2) is 4.83 Å². The molecule has 0 atom stereocenters. The lowest BCUT2D eigenvalue weighted by molar-refractivity contribution is 0.474. The second-order valence-corrected chi connectivity index (χ2v) is 6.32. The van der Waals surface area contributed by atoms with Gasteiger partial charge in [-0.15, -0.1) is 0 Å². The normalized spacial score (nSPS) is 11.7. The Balaban J connectivity index is 2.18. The molecule has 0 bridgehead atoms. The van der Waals surface area contributed by atoms with Crippen LogP contribution in [0, 0.1) is 13.8 Å². The van der Waals surface area contributed by atoms with Crippen LogP contribution >= 0.6 is 0 Å². The smallest absolute Gasteiger partial charge is 0.276 e. The molecule has 0 aliphatic rings. The molecule has 0 unspecified atom stereocenters. The predicted molar refractivity (Wildman–Crippen MR) is 81.9 cm³/mol. The van der Waals surface area contributed by atoms with Gasteiger partial charge < -0.3 is 5.11 Å². The lowest BCUT2D eigenvalue weighted by atomic mass is 10.1. The van der Waals surface area contributed by atoms with Gasteiger partial charge in [-0.1, -0.05) is 18.2 Å². The van der Waals surface area contributed by atoms with Crippen LogP contribution in [0.2, 0.25) is 0 Å². The largest absolute Gasteiger partial charge is 0.507 e. The third-order valence-electron chi connectivity index (χ3n) is 3.10. The van der Waals surface area contributed by atoms with Gasteiger partial charge in [0.1, 0.15) is 5.75 Å². The first-order valence-corrected chi connectivity index (χ1v) is 7.78. The fourth-order valence-corrected chi connectivity index (χ4v) is 2.57. The average Bonchev–Trinajstić information content (AvgIpc) is 2.44. The molecule has 2 aromatic carbocycles. The minimum absolute atomic E-state index is 0.0339. The first-order valence-electron chi connectivity index (χ1n) is 6.30. The van der Waals surface area contributed by atoms with E-state index >= 15 is 0 Å². The van der Waals surface area contributed by atoms with Crippen molar-refractivity contribution in [3.63, 3.8) is 0 Å². The Morgan fingerprint density at radius 3 is 2.48 bits per heavy atom. The van der Waals surface area contributed by atoms with Gasteiger partial charge in [0, 0.05) is 5.56 Å². The van der Waals surface area contributed by atoms with Gasteiger partial charge in [0.25, 0.3) is 10.0 Å². The summed E-state index contributed by atoms with van der Waals surface area (Å²) in [6.45, 7) is 3.76. The summed E-state index contributed by atoms with van der Waals surface area (Å²) in [7, 11) is -3.71. The van der Waals surface area contributed by atoms with Gasteiger partial charge in [-0.05, 0) is 49.2 Å². The van der Waals surface area contributed by atoms with Crippen molar-refractivity contribution in [3.05, 3.63) is 59.2 Å². The standard InChI is InChI=1S/C15H16N2O3S/c1-11-7-8-14(9-12(11)2)21(19,20)17-16-10-13-5-3-4-6-15(13)18/h3-10,17-18H,1-2H3. The maximum atomic E-state index is 12.1. The van der Waals surface area contributed by atoms with Crippen LogP contribution in [-0.4, -0.2) is 19.7 Å².